The average molecular weight is 345 g/mol. The summed E-state index contributed by atoms with van der Waals surface area (Å²) in [6.45, 7) is 3.68. The van der Waals surface area contributed by atoms with Crippen molar-refractivity contribution in [3.05, 3.63) is 52.1 Å². The van der Waals surface area contributed by atoms with E-state index in [1.165, 1.54) is 22.9 Å². The standard InChI is InChI=1S/C15H13ClN6O2/c1-8-5-9(2)22-15(18-8)19-13(21-22)14(24)20-17-7-10-6-11(16)3-4-12(10)23/h3-7,23H,1-2H3,(H,20,24)/b17-7-. The highest BCUT2D eigenvalue weighted by atomic mass is 35.5. The average Bonchev–Trinajstić information content (AvgIpc) is 2.95. The van der Waals surface area contributed by atoms with Crippen LogP contribution in [0.25, 0.3) is 5.78 Å². The van der Waals surface area contributed by atoms with Gasteiger partial charge in [-0.2, -0.15) is 10.1 Å². The van der Waals surface area contributed by atoms with Crippen molar-refractivity contribution < 1.29 is 9.90 Å². The van der Waals surface area contributed by atoms with Gasteiger partial charge in [0.1, 0.15) is 5.75 Å². The number of hydrazone groups is 1. The van der Waals surface area contributed by atoms with Gasteiger partial charge < -0.3 is 5.11 Å². The fourth-order valence-corrected chi connectivity index (χ4v) is 2.28. The smallest absolute Gasteiger partial charge is 0.311 e. The number of benzene rings is 1. The van der Waals surface area contributed by atoms with Crippen LogP contribution in [0.2, 0.25) is 5.02 Å². The molecule has 0 saturated heterocycles. The van der Waals surface area contributed by atoms with Crippen LogP contribution in [0.15, 0.2) is 29.4 Å². The first-order chi connectivity index (χ1) is 11.4. The van der Waals surface area contributed by atoms with Gasteiger partial charge >= 0.3 is 5.91 Å². The van der Waals surface area contributed by atoms with Crippen molar-refractivity contribution in [2.45, 2.75) is 13.8 Å². The van der Waals surface area contributed by atoms with E-state index in [2.05, 4.69) is 25.6 Å². The molecule has 0 aliphatic heterocycles. The molecule has 2 heterocycles. The molecule has 0 aliphatic carbocycles. The van der Waals surface area contributed by atoms with E-state index in [4.69, 9.17) is 11.6 Å². The highest BCUT2D eigenvalue weighted by Crippen LogP contribution is 2.19. The molecular weight excluding hydrogens is 332 g/mol. The number of halogens is 1. The van der Waals surface area contributed by atoms with Crippen molar-refractivity contribution in [3.8, 4) is 5.75 Å². The minimum absolute atomic E-state index is 0.00134. The highest BCUT2D eigenvalue weighted by molar-refractivity contribution is 6.30. The monoisotopic (exact) mass is 344 g/mol. The third kappa shape index (κ3) is 3.18. The Hall–Kier alpha value is -3.00. The van der Waals surface area contributed by atoms with Gasteiger partial charge in [-0.05, 0) is 38.1 Å². The Labute approximate surface area is 141 Å². The molecule has 2 N–H and O–H groups in total. The number of amides is 1. The fourth-order valence-electron chi connectivity index (χ4n) is 2.10. The first-order valence-electron chi connectivity index (χ1n) is 6.97. The number of hydrogen-bond acceptors (Lipinski definition) is 6. The summed E-state index contributed by atoms with van der Waals surface area (Å²) in [7, 11) is 0. The molecule has 8 nitrogen and oxygen atoms in total. The summed E-state index contributed by atoms with van der Waals surface area (Å²) in [6, 6.07) is 6.34. The molecule has 0 bridgehead atoms. The first kappa shape index (κ1) is 15.9. The summed E-state index contributed by atoms with van der Waals surface area (Å²) in [6.07, 6.45) is 1.28. The molecule has 1 amide bonds. The lowest BCUT2D eigenvalue weighted by Crippen LogP contribution is -2.19. The van der Waals surface area contributed by atoms with Gasteiger partial charge in [0.05, 0.1) is 6.21 Å². The molecule has 2 aromatic heterocycles. The van der Waals surface area contributed by atoms with Gasteiger partial charge in [0.2, 0.25) is 5.82 Å². The number of fused-ring (bicyclic) bond motifs is 1. The Morgan fingerprint density at radius 1 is 1.33 bits per heavy atom. The molecule has 9 heteroatoms. The van der Waals surface area contributed by atoms with Gasteiger partial charge in [-0.3, -0.25) is 4.79 Å². The molecule has 0 saturated carbocycles. The molecule has 0 fully saturated rings. The van der Waals surface area contributed by atoms with Crippen LogP contribution in [0.5, 0.6) is 5.75 Å². The van der Waals surface area contributed by atoms with Crippen molar-refractivity contribution in [2.24, 2.45) is 5.10 Å². The number of nitrogens with one attached hydrogen (secondary N) is 1. The molecular formula is C15H13ClN6O2. The zero-order valence-corrected chi connectivity index (χ0v) is 13.6. The Morgan fingerprint density at radius 3 is 2.92 bits per heavy atom. The van der Waals surface area contributed by atoms with Crippen molar-refractivity contribution in [1.82, 2.24) is 25.0 Å². The van der Waals surface area contributed by atoms with Gasteiger partial charge in [0, 0.05) is 22.0 Å². The fraction of sp³-hybridized carbons (Fsp3) is 0.133. The summed E-state index contributed by atoms with van der Waals surface area (Å²) in [5, 5.41) is 18.0. The lowest BCUT2D eigenvalue weighted by atomic mass is 10.2. The highest BCUT2D eigenvalue weighted by Gasteiger charge is 2.14. The number of phenols is 1. The number of hydrogen-bond donors (Lipinski definition) is 2. The topological polar surface area (TPSA) is 105 Å². The van der Waals surface area contributed by atoms with Crippen LogP contribution in [0.4, 0.5) is 0 Å². The second-order valence-electron chi connectivity index (χ2n) is 5.09. The van der Waals surface area contributed by atoms with Crippen LogP contribution in [-0.4, -0.2) is 36.8 Å². The van der Waals surface area contributed by atoms with Gasteiger partial charge in [0.15, 0.2) is 0 Å². The lowest BCUT2D eigenvalue weighted by Gasteiger charge is -1.99. The van der Waals surface area contributed by atoms with Gasteiger partial charge in [-0.15, -0.1) is 5.10 Å². The Morgan fingerprint density at radius 2 is 2.12 bits per heavy atom. The minimum atomic E-state index is -0.588. The summed E-state index contributed by atoms with van der Waals surface area (Å²) >= 11 is 5.84. The molecule has 0 spiro atoms. The SMILES string of the molecule is Cc1cc(C)n2nc(C(=O)N/N=C\c3cc(Cl)ccc3O)nc2n1. The second-order valence-corrected chi connectivity index (χ2v) is 5.52. The lowest BCUT2D eigenvalue weighted by molar-refractivity contribution is 0.0945. The van der Waals surface area contributed by atoms with Crippen LogP contribution in [0.1, 0.15) is 27.6 Å². The normalized spacial score (nSPS) is 11.3. The molecule has 122 valence electrons. The van der Waals surface area contributed by atoms with Gasteiger partial charge in [0.25, 0.3) is 5.78 Å². The molecule has 0 unspecified atom stereocenters. The van der Waals surface area contributed by atoms with Crippen LogP contribution >= 0.6 is 11.6 Å². The Kier molecular flexibility index (Phi) is 4.13. The van der Waals surface area contributed by atoms with E-state index >= 15 is 0 Å². The number of aromatic nitrogens is 4. The maximum absolute atomic E-state index is 12.1. The first-order valence-corrected chi connectivity index (χ1v) is 7.35. The van der Waals surface area contributed by atoms with Crippen LogP contribution < -0.4 is 5.43 Å². The van der Waals surface area contributed by atoms with Crippen molar-refractivity contribution in [1.29, 1.82) is 0 Å². The quantitative estimate of drug-likeness (QED) is 0.557. The maximum atomic E-state index is 12.1. The van der Waals surface area contributed by atoms with Crippen LogP contribution in [0.3, 0.4) is 0 Å². The number of aromatic hydroxyl groups is 1. The second kappa shape index (κ2) is 6.25. The number of phenolic OH excluding ortho intramolecular Hbond substituents is 1. The number of aryl methyl sites for hydroxylation is 2. The molecule has 1 aromatic carbocycles. The summed E-state index contributed by atoms with van der Waals surface area (Å²) in [5.41, 5.74) is 4.28. The van der Waals surface area contributed by atoms with E-state index in [9.17, 15) is 9.90 Å². The number of rotatable bonds is 3. The molecule has 3 aromatic rings. The van der Waals surface area contributed by atoms with Crippen LogP contribution in [-0.2, 0) is 0 Å². The largest absolute Gasteiger partial charge is 0.507 e. The molecule has 0 atom stereocenters. The van der Waals surface area contributed by atoms with Crippen molar-refractivity contribution in [3.63, 3.8) is 0 Å². The predicted molar refractivity (Wildman–Crippen MR) is 88.4 cm³/mol. The third-order valence-electron chi connectivity index (χ3n) is 3.18. The van der Waals surface area contributed by atoms with E-state index < -0.39 is 5.91 Å². The van der Waals surface area contributed by atoms with E-state index in [1.807, 2.05) is 19.9 Å². The Bertz CT molecular complexity index is 966. The Balaban J connectivity index is 1.79. The maximum Gasteiger partial charge on any atom is 0.311 e. The summed E-state index contributed by atoms with van der Waals surface area (Å²) < 4.78 is 1.48. The summed E-state index contributed by atoms with van der Waals surface area (Å²) in [5.74, 6) is -0.299. The van der Waals surface area contributed by atoms with Crippen molar-refractivity contribution in [2.75, 3.05) is 0 Å². The summed E-state index contributed by atoms with van der Waals surface area (Å²) in [4.78, 5) is 20.4. The minimum Gasteiger partial charge on any atom is -0.507 e. The third-order valence-corrected chi connectivity index (χ3v) is 3.42. The zero-order chi connectivity index (χ0) is 17.3. The molecule has 0 aliphatic rings. The molecule has 24 heavy (non-hydrogen) atoms. The zero-order valence-electron chi connectivity index (χ0n) is 12.9. The number of nitrogens with zero attached hydrogens (tertiary/aromatic N) is 5. The van der Waals surface area contributed by atoms with Gasteiger partial charge in [-0.25, -0.2) is 14.9 Å². The van der Waals surface area contributed by atoms with Crippen molar-refractivity contribution >= 4 is 29.5 Å². The van der Waals surface area contributed by atoms with E-state index in [0.29, 0.717) is 16.4 Å². The number of carbonyl (C=O) groups is 1. The number of carbonyl (C=O) groups excluding carboxylic acids is 1. The molecule has 3 rings (SSSR count). The van der Waals surface area contributed by atoms with Crippen LogP contribution in [0, 0.1) is 13.8 Å². The molecule has 0 radical (unpaired) electrons. The van der Waals surface area contributed by atoms with E-state index in [-0.39, 0.29) is 11.6 Å². The van der Waals surface area contributed by atoms with Gasteiger partial charge in [-0.1, -0.05) is 11.6 Å². The van der Waals surface area contributed by atoms with E-state index in [1.54, 1.807) is 6.07 Å². The van der Waals surface area contributed by atoms with E-state index in [0.717, 1.165) is 11.4 Å². The predicted octanol–water partition coefficient (Wildman–Crippen LogP) is 1.86.